The summed E-state index contributed by atoms with van der Waals surface area (Å²) in [5.74, 6) is 0.736. The summed E-state index contributed by atoms with van der Waals surface area (Å²) in [6.45, 7) is 2.43. The molecule has 98 valence electrons. The van der Waals surface area contributed by atoms with Gasteiger partial charge in [0.25, 0.3) is 0 Å². The third-order valence-electron chi connectivity index (χ3n) is 3.65. The van der Waals surface area contributed by atoms with Gasteiger partial charge < -0.3 is 4.90 Å². The fourth-order valence-electron chi connectivity index (χ4n) is 2.54. The van der Waals surface area contributed by atoms with Gasteiger partial charge >= 0.3 is 0 Å². The van der Waals surface area contributed by atoms with Crippen molar-refractivity contribution < 1.29 is 0 Å². The minimum Gasteiger partial charge on any atom is -0.306 e. The Morgan fingerprint density at radius 3 is 2.67 bits per heavy atom. The lowest BCUT2D eigenvalue weighted by atomic mass is 9.95. The van der Waals surface area contributed by atoms with Crippen molar-refractivity contribution in [3.8, 4) is 0 Å². The van der Waals surface area contributed by atoms with E-state index in [-0.39, 0.29) is 17.0 Å². The summed E-state index contributed by atoms with van der Waals surface area (Å²) in [6.07, 6.45) is 2.56. The summed E-state index contributed by atoms with van der Waals surface area (Å²) in [4.78, 5) is 3.93. The van der Waals surface area contributed by atoms with Gasteiger partial charge in [0.15, 0.2) is 0 Å². The molecule has 1 nitrogen and oxygen atoms in total. The maximum Gasteiger partial charge on any atom is 0.0492 e. The molecule has 0 radical (unpaired) electrons. The highest BCUT2D eigenvalue weighted by Gasteiger charge is 2.20. The van der Waals surface area contributed by atoms with E-state index >= 15 is 0 Å². The van der Waals surface area contributed by atoms with E-state index in [2.05, 4.69) is 24.1 Å². The maximum absolute atomic E-state index is 6.23. The number of piperidine rings is 1. The molecule has 1 aliphatic rings. The van der Waals surface area contributed by atoms with Crippen LogP contribution in [0.5, 0.6) is 0 Å². The molecule has 1 aliphatic heterocycles. The van der Waals surface area contributed by atoms with Gasteiger partial charge in [-0.1, -0.05) is 17.7 Å². The Kier molecular flexibility index (Phi) is 4.70. The van der Waals surface area contributed by atoms with Gasteiger partial charge in [0, 0.05) is 20.0 Å². The molecule has 2 heterocycles. The van der Waals surface area contributed by atoms with Gasteiger partial charge in [0.05, 0.1) is 0 Å². The predicted octanol–water partition coefficient (Wildman–Crippen LogP) is 4.94. The molecule has 1 saturated heterocycles. The Hall–Kier alpha value is -0.0900. The van der Waals surface area contributed by atoms with E-state index < -0.39 is 0 Å². The number of fused-ring (bicyclic) bond motifs is 1. The quantitative estimate of drug-likeness (QED) is 0.707. The molecule has 1 fully saturated rings. The number of thiophene rings is 1. The summed E-state index contributed by atoms with van der Waals surface area (Å²) in [7, 11) is 2.21. The lowest BCUT2D eigenvalue weighted by Gasteiger charge is -2.28. The van der Waals surface area contributed by atoms with Crippen molar-refractivity contribution in [2.45, 2.75) is 18.8 Å². The topological polar surface area (TPSA) is 3.24 Å². The van der Waals surface area contributed by atoms with Crippen LogP contribution in [0.1, 0.15) is 23.6 Å². The Morgan fingerprint density at radius 2 is 2.00 bits per heavy atom. The van der Waals surface area contributed by atoms with Crippen LogP contribution in [0.15, 0.2) is 24.3 Å². The number of hydrogen-bond acceptors (Lipinski definition) is 2. The molecule has 18 heavy (non-hydrogen) atoms. The lowest BCUT2D eigenvalue weighted by Crippen LogP contribution is -2.28. The molecule has 0 aliphatic carbocycles. The number of nitrogens with zero attached hydrogens (tertiary/aromatic N) is 1. The van der Waals surface area contributed by atoms with Crippen LogP contribution in [-0.2, 0) is 0 Å². The van der Waals surface area contributed by atoms with E-state index in [1.807, 2.05) is 23.5 Å². The van der Waals surface area contributed by atoms with E-state index in [1.54, 1.807) is 0 Å². The zero-order valence-electron chi connectivity index (χ0n) is 10.4. The fourth-order valence-corrected chi connectivity index (χ4v) is 4.08. The van der Waals surface area contributed by atoms with Crippen LogP contribution in [0.2, 0.25) is 5.02 Å². The van der Waals surface area contributed by atoms with Gasteiger partial charge in [-0.3, -0.25) is 0 Å². The van der Waals surface area contributed by atoms with E-state index in [9.17, 15) is 0 Å². The van der Waals surface area contributed by atoms with Crippen molar-refractivity contribution in [3.63, 3.8) is 0 Å². The highest BCUT2D eigenvalue weighted by atomic mass is 79.9. The number of likely N-dealkylation sites (tertiary alicyclic amines) is 1. The first kappa shape index (κ1) is 14.3. The largest absolute Gasteiger partial charge is 0.306 e. The van der Waals surface area contributed by atoms with Crippen LogP contribution in [0, 0.1) is 0 Å². The molecule has 0 unspecified atom stereocenters. The smallest absolute Gasteiger partial charge is 0.0492 e. The average molecular weight is 347 g/mol. The highest BCUT2D eigenvalue weighted by Crippen LogP contribution is 2.38. The zero-order valence-corrected chi connectivity index (χ0v) is 13.6. The minimum absolute atomic E-state index is 0. The Bertz CT molecular complexity index is 532. The van der Waals surface area contributed by atoms with Crippen molar-refractivity contribution in [1.29, 1.82) is 0 Å². The molecule has 0 amide bonds. The lowest BCUT2D eigenvalue weighted by molar-refractivity contribution is 0.257. The molecule has 1 aromatic carbocycles. The average Bonchev–Trinajstić information content (AvgIpc) is 2.75. The first-order valence-corrected chi connectivity index (χ1v) is 7.30. The summed E-state index contributed by atoms with van der Waals surface area (Å²) in [6, 6.07) is 8.50. The van der Waals surface area contributed by atoms with Gasteiger partial charge in [-0.15, -0.1) is 28.3 Å². The standard InChI is InChI=1S/C14H16ClNS.BrH/c1-16-7-5-10(6-8-16)14-9-11-12(15)3-2-4-13(11)17-14;/h2-4,9-10H,5-8H2,1H3;1H. The Labute approximate surface area is 128 Å². The first-order valence-electron chi connectivity index (χ1n) is 6.10. The van der Waals surface area contributed by atoms with Crippen molar-refractivity contribution in [2.75, 3.05) is 20.1 Å². The molecular weight excluding hydrogens is 330 g/mol. The summed E-state index contributed by atoms with van der Waals surface area (Å²) >= 11 is 8.15. The normalized spacial score (nSPS) is 17.9. The number of halogens is 2. The second-order valence-corrected chi connectivity index (χ2v) is 6.40. The van der Waals surface area contributed by atoms with Crippen molar-refractivity contribution in [1.82, 2.24) is 4.90 Å². The van der Waals surface area contributed by atoms with E-state index in [0.717, 1.165) is 10.9 Å². The third kappa shape index (κ3) is 2.74. The van der Waals surface area contributed by atoms with Crippen LogP contribution >= 0.6 is 39.9 Å². The highest BCUT2D eigenvalue weighted by molar-refractivity contribution is 8.93. The van der Waals surface area contributed by atoms with Crippen LogP contribution in [0.4, 0.5) is 0 Å². The molecule has 2 aromatic rings. The van der Waals surface area contributed by atoms with Crippen LogP contribution < -0.4 is 0 Å². The van der Waals surface area contributed by atoms with E-state index in [1.165, 1.54) is 40.9 Å². The second-order valence-electron chi connectivity index (χ2n) is 4.88. The molecule has 0 N–H and O–H groups in total. The van der Waals surface area contributed by atoms with Crippen LogP contribution in [-0.4, -0.2) is 25.0 Å². The zero-order chi connectivity index (χ0) is 11.8. The molecule has 0 saturated carbocycles. The monoisotopic (exact) mass is 345 g/mol. The number of rotatable bonds is 1. The molecule has 0 atom stereocenters. The maximum atomic E-state index is 6.23. The summed E-state index contributed by atoms with van der Waals surface area (Å²) in [5.41, 5.74) is 0. The predicted molar refractivity (Wildman–Crippen MR) is 86.6 cm³/mol. The van der Waals surface area contributed by atoms with Crippen molar-refractivity contribution >= 4 is 50.0 Å². The van der Waals surface area contributed by atoms with Gasteiger partial charge in [0.2, 0.25) is 0 Å². The molecule has 1 aromatic heterocycles. The minimum atomic E-state index is 0. The van der Waals surface area contributed by atoms with Crippen LogP contribution in [0.25, 0.3) is 10.1 Å². The van der Waals surface area contributed by atoms with Crippen LogP contribution in [0.3, 0.4) is 0 Å². The number of hydrogen-bond donors (Lipinski definition) is 0. The number of benzene rings is 1. The first-order chi connectivity index (χ1) is 8.24. The van der Waals surface area contributed by atoms with Crippen molar-refractivity contribution in [3.05, 3.63) is 34.2 Å². The summed E-state index contributed by atoms with van der Waals surface area (Å²) in [5, 5.41) is 2.12. The van der Waals surface area contributed by atoms with Gasteiger partial charge in [-0.05, 0) is 57.1 Å². The van der Waals surface area contributed by atoms with Crippen molar-refractivity contribution in [2.24, 2.45) is 0 Å². The Morgan fingerprint density at radius 1 is 1.28 bits per heavy atom. The van der Waals surface area contributed by atoms with E-state index in [0.29, 0.717) is 0 Å². The molecule has 0 spiro atoms. The fraction of sp³-hybridized carbons (Fsp3) is 0.429. The molecule has 0 bridgehead atoms. The third-order valence-corrected chi connectivity index (χ3v) is 5.24. The van der Waals surface area contributed by atoms with E-state index in [4.69, 9.17) is 11.6 Å². The molecular formula is C14H17BrClNS. The summed E-state index contributed by atoms with van der Waals surface area (Å²) < 4.78 is 1.33. The molecule has 4 heteroatoms. The molecule has 3 rings (SSSR count). The van der Waals surface area contributed by atoms with Gasteiger partial charge in [0.1, 0.15) is 0 Å². The van der Waals surface area contributed by atoms with Gasteiger partial charge in [-0.25, -0.2) is 0 Å². The van der Waals surface area contributed by atoms with Gasteiger partial charge in [-0.2, -0.15) is 0 Å². The Balaban J connectivity index is 0.00000120. The SMILES string of the molecule is Br.CN1CCC(c2cc3c(Cl)cccc3s2)CC1. The second kappa shape index (κ2) is 5.91.